The van der Waals surface area contributed by atoms with Gasteiger partial charge in [0.15, 0.2) is 5.11 Å². The van der Waals surface area contributed by atoms with Crippen molar-refractivity contribution in [2.45, 2.75) is 13.5 Å². The van der Waals surface area contributed by atoms with Crippen molar-refractivity contribution in [2.75, 3.05) is 12.4 Å². The third-order valence-electron chi connectivity index (χ3n) is 3.02. The Kier molecular flexibility index (Phi) is 5.42. The van der Waals surface area contributed by atoms with Gasteiger partial charge in [0.25, 0.3) is 0 Å². The van der Waals surface area contributed by atoms with Crippen molar-refractivity contribution in [3.63, 3.8) is 0 Å². The van der Waals surface area contributed by atoms with E-state index in [1.54, 1.807) is 7.11 Å². The van der Waals surface area contributed by atoms with Gasteiger partial charge in [-0.2, -0.15) is 0 Å². The molecule has 5 heteroatoms. The van der Waals surface area contributed by atoms with Gasteiger partial charge in [-0.25, -0.2) is 0 Å². The Morgan fingerprint density at radius 3 is 2.76 bits per heavy atom. The fourth-order valence-corrected chi connectivity index (χ4v) is 2.18. The number of hydrogen-bond donors (Lipinski definition) is 2. The summed E-state index contributed by atoms with van der Waals surface area (Å²) in [6.07, 6.45) is 0. The zero-order valence-electron chi connectivity index (χ0n) is 11.9. The first-order valence-corrected chi connectivity index (χ1v) is 7.31. The summed E-state index contributed by atoms with van der Waals surface area (Å²) in [6.45, 7) is 2.59. The smallest absolute Gasteiger partial charge is 0.171 e. The van der Waals surface area contributed by atoms with Gasteiger partial charge in [0.1, 0.15) is 5.75 Å². The molecule has 0 spiro atoms. The average molecular weight is 321 g/mol. The predicted molar refractivity (Wildman–Crippen MR) is 92.2 cm³/mol. The average Bonchev–Trinajstić information content (AvgIpc) is 2.49. The number of anilines is 1. The maximum Gasteiger partial charge on any atom is 0.171 e. The normalized spacial score (nSPS) is 10.0. The molecule has 0 fully saturated rings. The number of benzene rings is 2. The van der Waals surface area contributed by atoms with Crippen LogP contribution in [0.3, 0.4) is 0 Å². The van der Waals surface area contributed by atoms with E-state index in [0.29, 0.717) is 11.7 Å². The van der Waals surface area contributed by atoms with E-state index in [9.17, 15) is 0 Å². The van der Waals surface area contributed by atoms with Gasteiger partial charge in [-0.1, -0.05) is 29.8 Å². The number of hydrogen-bond acceptors (Lipinski definition) is 2. The SMILES string of the molecule is COc1cccc(CNC(=S)Nc2ccc(C)c(Cl)c2)c1. The summed E-state index contributed by atoms with van der Waals surface area (Å²) in [4.78, 5) is 0. The number of ether oxygens (including phenoxy) is 1. The molecule has 0 aliphatic heterocycles. The van der Waals surface area contributed by atoms with Gasteiger partial charge in [-0.15, -0.1) is 0 Å². The van der Waals surface area contributed by atoms with Gasteiger partial charge < -0.3 is 15.4 Å². The second-order valence-corrected chi connectivity index (χ2v) is 5.44. The number of aryl methyl sites for hydroxylation is 1. The van der Waals surface area contributed by atoms with Gasteiger partial charge in [0, 0.05) is 17.3 Å². The summed E-state index contributed by atoms with van der Waals surface area (Å²) >= 11 is 11.4. The molecule has 2 aromatic rings. The van der Waals surface area contributed by atoms with Crippen LogP contribution in [0.2, 0.25) is 5.02 Å². The van der Waals surface area contributed by atoms with Crippen molar-refractivity contribution >= 4 is 34.6 Å². The minimum absolute atomic E-state index is 0.553. The van der Waals surface area contributed by atoms with Gasteiger partial charge >= 0.3 is 0 Å². The van der Waals surface area contributed by atoms with E-state index in [0.717, 1.165) is 27.6 Å². The van der Waals surface area contributed by atoms with Crippen LogP contribution in [0.25, 0.3) is 0 Å². The maximum absolute atomic E-state index is 6.09. The Morgan fingerprint density at radius 1 is 1.24 bits per heavy atom. The lowest BCUT2D eigenvalue weighted by atomic mass is 10.2. The molecule has 2 rings (SSSR count). The van der Waals surface area contributed by atoms with E-state index in [2.05, 4.69) is 10.6 Å². The van der Waals surface area contributed by atoms with Crippen molar-refractivity contribution in [2.24, 2.45) is 0 Å². The number of nitrogens with one attached hydrogen (secondary N) is 2. The molecule has 0 amide bonds. The van der Waals surface area contributed by atoms with Crippen molar-refractivity contribution < 1.29 is 4.74 Å². The largest absolute Gasteiger partial charge is 0.497 e. The van der Waals surface area contributed by atoms with Crippen molar-refractivity contribution in [1.82, 2.24) is 5.32 Å². The zero-order chi connectivity index (χ0) is 15.2. The van der Waals surface area contributed by atoms with Gasteiger partial charge in [0.2, 0.25) is 0 Å². The molecule has 0 aliphatic carbocycles. The Morgan fingerprint density at radius 2 is 2.05 bits per heavy atom. The van der Waals surface area contributed by atoms with Crippen molar-refractivity contribution in [3.8, 4) is 5.75 Å². The molecular weight excluding hydrogens is 304 g/mol. The van der Waals surface area contributed by atoms with Crippen LogP contribution >= 0.6 is 23.8 Å². The first kappa shape index (κ1) is 15.6. The first-order valence-electron chi connectivity index (χ1n) is 6.52. The maximum atomic E-state index is 6.09. The highest BCUT2D eigenvalue weighted by molar-refractivity contribution is 7.80. The molecule has 0 radical (unpaired) electrons. The van der Waals surface area contributed by atoms with E-state index >= 15 is 0 Å². The monoisotopic (exact) mass is 320 g/mol. The lowest BCUT2D eigenvalue weighted by molar-refractivity contribution is 0.414. The molecular formula is C16H17ClN2OS. The summed E-state index contributed by atoms with van der Waals surface area (Å²) < 4.78 is 5.19. The Balaban J connectivity index is 1.91. The Hall–Kier alpha value is -1.78. The Labute approximate surface area is 135 Å². The number of rotatable bonds is 4. The quantitative estimate of drug-likeness (QED) is 0.829. The molecule has 21 heavy (non-hydrogen) atoms. The molecule has 0 aromatic heterocycles. The molecule has 0 saturated heterocycles. The summed E-state index contributed by atoms with van der Waals surface area (Å²) in [5.74, 6) is 0.832. The van der Waals surface area contributed by atoms with Gasteiger partial charge in [-0.3, -0.25) is 0 Å². The zero-order valence-corrected chi connectivity index (χ0v) is 13.5. The van der Waals surface area contributed by atoms with Gasteiger partial charge in [-0.05, 0) is 54.5 Å². The highest BCUT2D eigenvalue weighted by Crippen LogP contribution is 2.19. The van der Waals surface area contributed by atoms with Gasteiger partial charge in [0.05, 0.1) is 7.11 Å². The van der Waals surface area contributed by atoms with Crippen LogP contribution in [0.5, 0.6) is 5.75 Å². The topological polar surface area (TPSA) is 33.3 Å². The third kappa shape index (κ3) is 4.62. The fourth-order valence-electron chi connectivity index (χ4n) is 1.81. The molecule has 2 aromatic carbocycles. The molecule has 0 saturated carbocycles. The second-order valence-electron chi connectivity index (χ2n) is 4.62. The summed E-state index contributed by atoms with van der Waals surface area (Å²) in [5, 5.41) is 7.54. The second kappa shape index (κ2) is 7.29. The van der Waals surface area contributed by atoms with E-state index in [4.69, 9.17) is 28.6 Å². The molecule has 0 heterocycles. The molecule has 0 unspecified atom stereocenters. The first-order chi connectivity index (χ1) is 10.1. The lowest BCUT2D eigenvalue weighted by Crippen LogP contribution is -2.27. The number of thiocarbonyl (C=S) groups is 1. The summed E-state index contributed by atoms with van der Waals surface area (Å²) in [6, 6.07) is 13.6. The van der Waals surface area contributed by atoms with E-state index < -0.39 is 0 Å². The minimum atomic E-state index is 0.553. The molecule has 0 aliphatic rings. The van der Waals surface area contributed by atoms with Crippen LogP contribution in [-0.4, -0.2) is 12.2 Å². The molecule has 110 valence electrons. The van der Waals surface area contributed by atoms with Crippen LogP contribution in [0.1, 0.15) is 11.1 Å². The van der Waals surface area contributed by atoms with Crippen LogP contribution in [0.15, 0.2) is 42.5 Å². The molecule has 3 nitrogen and oxygen atoms in total. The predicted octanol–water partition coefficient (Wildman–Crippen LogP) is 4.14. The molecule has 0 bridgehead atoms. The summed E-state index contributed by atoms with van der Waals surface area (Å²) in [7, 11) is 1.65. The standard InChI is InChI=1S/C16H17ClN2OS/c1-11-6-7-13(9-15(11)17)19-16(21)18-10-12-4-3-5-14(8-12)20-2/h3-9H,10H2,1-2H3,(H2,18,19,21). The van der Waals surface area contributed by atoms with Crippen LogP contribution < -0.4 is 15.4 Å². The van der Waals surface area contributed by atoms with E-state index in [1.807, 2.05) is 49.4 Å². The highest BCUT2D eigenvalue weighted by Gasteiger charge is 2.01. The Bertz CT molecular complexity index is 646. The minimum Gasteiger partial charge on any atom is -0.497 e. The number of methoxy groups -OCH3 is 1. The van der Waals surface area contributed by atoms with E-state index in [-0.39, 0.29) is 0 Å². The third-order valence-corrected chi connectivity index (χ3v) is 3.67. The van der Waals surface area contributed by atoms with Crippen LogP contribution in [0.4, 0.5) is 5.69 Å². The summed E-state index contributed by atoms with van der Waals surface area (Å²) in [5.41, 5.74) is 3.01. The van der Waals surface area contributed by atoms with Crippen molar-refractivity contribution in [3.05, 3.63) is 58.6 Å². The number of halogens is 1. The van der Waals surface area contributed by atoms with Crippen LogP contribution in [-0.2, 0) is 6.54 Å². The molecule has 0 atom stereocenters. The lowest BCUT2D eigenvalue weighted by Gasteiger charge is -2.12. The van der Waals surface area contributed by atoms with E-state index in [1.165, 1.54) is 0 Å². The van der Waals surface area contributed by atoms with Crippen molar-refractivity contribution in [1.29, 1.82) is 0 Å². The highest BCUT2D eigenvalue weighted by atomic mass is 35.5. The fraction of sp³-hybridized carbons (Fsp3) is 0.188. The molecule has 2 N–H and O–H groups in total. The van der Waals surface area contributed by atoms with Crippen LogP contribution in [0, 0.1) is 6.92 Å².